The Balaban J connectivity index is 2.51. The molecule has 0 radical (unpaired) electrons. The number of rotatable bonds is 4. The third-order valence-corrected chi connectivity index (χ3v) is 3.36. The molecule has 0 atom stereocenters. The van der Waals surface area contributed by atoms with E-state index in [2.05, 4.69) is 4.90 Å². The van der Waals surface area contributed by atoms with E-state index in [4.69, 9.17) is 5.26 Å². The summed E-state index contributed by atoms with van der Waals surface area (Å²) >= 11 is 0. The summed E-state index contributed by atoms with van der Waals surface area (Å²) in [5.41, 5.74) is 1.98. The van der Waals surface area contributed by atoms with Crippen molar-refractivity contribution in [3.8, 4) is 6.07 Å². The SMILES string of the molecule is Cc1ccc2c(c1)c(=O)c(C#N)cn2CCCN(C)C. The summed E-state index contributed by atoms with van der Waals surface area (Å²) in [5.74, 6) is 0. The van der Waals surface area contributed by atoms with Gasteiger partial charge in [0, 0.05) is 18.1 Å². The smallest absolute Gasteiger partial charge is 0.207 e. The van der Waals surface area contributed by atoms with E-state index in [0.717, 1.165) is 30.6 Å². The summed E-state index contributed by atoms with van der Waals surface area (Å²) in [7, 11) is 4.07. The van der Waals surface area contributed by atoms with Gasteiger partial charge < -0.3 is 9.47 Å². The van der Waals surface area contributed by atoms with Crippen molar-refractivity contribution in [2.24, 2.45) is 0 Å². The average molecular weight is 269 g/mol. The Kier molecular flexibility index (Phi) is 4.21. The van der Waals surface area contributed by atoms with Gasteiger partial charge in [0.1, 0.15) is 11.6 Å². The van der Waals surface area contributed by atoms with Gasteiger partial charge in [-0.3, -0.25) is 4.79 Å². The molecular formula is C16H19N3O. The molecule has 0 unspecified atom stereocenters. The lowest BCUT2D eigenvalue weighted by Gasteiger charge is -2.14. The number of hydrogen-bond acceptors (Lipinski definition) is 3. The Morgan fingerprint density at radius 2 is 2.10 bits per heavy atom. The van der Waals surface area contributed by atoms with Crippen LogP contribution in [-0.2, 0) is 6.54 Å². The van der Waals surface area contributed by atoms with Gasteiger partial charge in [0.25, 0.3) is 0 Å². The molecule has 2 aromatic rings. The number of nitriles is 1. The molecule has 20 heavy (non-hydrogen) atoms. The highest BCUT2D eigenvalue weighted by atomic mass is 16.1. The highest BCUT2D eigenvalue weighted by Crippen LogP contribution is 2.14. The van der Waals surface area contributed by atoms with Crippen molar-refractivity contribution < 1.29 is 0 Å². The third-order valence-electron chi connectivity index (χ3n) is 3.36. The van der Waals surface area contributed by atoms with Crippen molar-refractivity contribution in [3.05, 3.63) is 45.7 Å². The second kappa shape index (κ2) is 5.89. The lowest BCUT2D eigenvalue weighted by Crippen LogP contribution is -2.17. The molecule has 0 fully saturated rings. The van der Waals surface area contributed by atoms with Crippen molar-refractivity contribution in [2.75, 3.05) is 20.6 Å². The molecule has 104 valence electrons. The normalized spacial score (nSPS) is 10.9. The molecule has 2 rings (SSSR count). The van der Waals surface area contributed by atoms with Gasteiger partial charge in [-0.2, -0.15) is 5.26 Å². The quantitative estimate of drug-likeness (QED) is 0.854. The Bertz CT molecular complexity index is 723. The van der Waals surface area contributed by atoms with E-state index in [-0.39, 0.29) is 11.0 Å². The summed E-state index contributed by atoms with van der Waals surface area (Å²) in [4.78, 5) is 14.3. The number of pyridine rings is 1. The summed E-state index contributed by atoms with van der Waals surface area (Å²) in [6, 6.07) is 7.82. The van der Waals surface area contributed by atoms with Crippen LogP contribution in [0.1, 0.15) is 17.5 Å². The van der Waals surface area contributed by atoms with Crippen LogP contribution in [0.15, 0.2) is 29.2 Å². The van der Waals surface area contributed by atoms with E-state index < -0.39 is 0 Å². The minimum atomic E-state index is -0.171. The zero-order valence-corrected chi connectivity index (χ0v) is 12.2. The van der Waals surface area contributed by atoms with E-state index in [1.807, 2.05) is 49.9 Å². The third kappa shape index (κ3) is 2.89. The number of nitrogens with zero attached hydrogens (tertiary/aromatic N) is 3. The fourth-order valence-corrected chi connectivity index (χ4v) is 2.33. The van der Waals surface area contributed by atoms with Crippen molar-refractivity contribution in [3.63, 3.8) is 0 Å². The molecule has 1 aromatic heterocycles. The minimum absolute atomic E-state index is 0.171. The van der Waals surface area contributed by atoms with E-state index in [9.17, 15) is 4.79 Å². The predicted octanol–water partition coefficient (Wildman–Crippen LogP) is 2.13. The Morgan fingerprint density at radius 3 is 2.75 bits per heavy atom. The maximum atomic E-state index is 12.2. The first-order valence-corrected chi connectivity index (χ1v) is 6.71. The monoisotopic (exact) mass is 269 g/mol. The van der Waals surface area contributed by atoms with Crippen LogP contribution in [0.2, 0.25) is 0 Å². The summed E-state index contributed by atoms with van der Waals surface area (Å²) in [5, 5.41) is 9.75. The molecule has 4 heteroatoms. The first kappa shape index (κ1) is 14.3. The van der Waals surface area contributed by atoms with Crippen LogP contribution >= 0.6 is 0 Å². The van der Waals surface area contributed by atoms with Gasteiger partial charge in [0.2, 0.25) is 5.43 Å². The molecule has 4 nitrogen and oxygen atoms in total. The van der Waals surface area contributed by atoms with Crippen LogP contribution < -0.4 is 5.43 Å². The van der Waals surface area contributed by atoms with Crippen molar-refractivity contribution in [1.29, 1.82) is 5.26 Å². The van der Waals surface area contributed by atoms with Crippen molar-refractivity contribution >= 4 is 10.9 Å². The number of benzene rings is 1. The Morgan fingerprint density at radius 1 is 1.35 bits per heavy atom. The summed E-state index contributed by atoms with van der Waals surface area (Å²) in [6.45, 7) is 3.72. The van der Waals surface area contributed by atoms with Crippen LogP contribution in [-0.4, -0.2) is 30.1 Å². The zero-order chi connectivity index (χ0) is 14.7. The molecule has 1 aromatic carbocycles. The average Bonchev–Trinajstić information content (AvgIpc) is 2.41. The van der Waals surface area contributed by atoms with E-state index in [0.29, 0.717) is 5.39 Å². The highest BCUT2D eigenvalue weighted by molar-refractivity contribution is 5.81. The van der Waals surface area contributed by atoms with Gasteiger partial charge in [-0.05, 0) is 46.1 Å². The molecular weight excluding hydrogens is 250 g/mol. The van der Waals surface area contributed by atoms with Crippen molar-refractivity contribution in [1.82, 2.24) is 9.47 Å². The maximum Gasteiger partial charge on any atom is 0.207 e. The minimum Gasteiger partial charge on any atom is -0.346 e. The molecule has 0 aliphatic carbocycles. The van der Waals surface area contributed by atoms with E-state index >= 15 is 0 Å². The molecule has 0 spiro atoms. The number of hydrogen-bond donors (Lipinski definition) is 0. The highest BCUT2D eigenvalue weighted by Gasteiger charge is 2.08. The first-order chi connectivity index (χ1) is 9.52. The second-order valence-corrected chi connectivity index (χ2v) is 5.35. The molecule has 0 amide bonds. The predicted molar refractivity (Wildman–Crippen MR) is 80.8 cm³/mol. The molecule has 0 bridgehead atoms. The zero-order valence-electron chi connectivity index (χ0n) is 12.2. The van der Waals surface area contributed by atoms with Crippen LogP contribution in [0.3, 0.4) is 0 Å². The Hall–Kier alpha value is -2.12. The number of aryl methyl sites for hydroxylation is 2. The van der Waals surface area contributed by atoms with Crippen molar-refractivity contribution in [2.45, 2.75) is 19.9 Å². The number of aromatic nitrogens is 1. The van der Waals surface area contributed by atoms with Gasteiger partial charge in [-0.25, -0.2) is 0 Å². The molecule has 0 aliphatic heterocycles. The standard InChI is InChI=1S/C16H19N3O/c1-12-5-6-15-14(9-12)16(20)13(10-17)11-19(15)8-4-7-18(2)3/h5-6,9,11H,4,7-8H2,1-3H3. The van der Waals surface area contributed by atoms with Crippen LogP contribution in [0, 0.1) is 18.3 Å². The summed E-state index contributed by atoms with van der Waals surface area (Å²) < 4.78 is 2.01. The van der Waals surface area contributed by atoms with E-state index in [1.54, 1.807) is 6.20 Å². The summed E-state index contributed by atoms with van der Waals surface area (Å²) in [6.07, 6.45) is 2.65. The van der Waals surface area contributed by atoms with E-state index in [1.165, 1.54) is 0 Å². The first-order valence-electron chi connectivity index (χ1n) is 6.71. The second-order valence-electron chi connectivity index (χ2n) is 5.35. The molecule has 0 saturated heterocycles. The van der Waals surface area contributed by atoms with Gasteiger partial charge in [-0.15, -0.1) is 0 Å². The lowest BCUT2D eigenvalue weighted by atomic mass is 10.1. The fourth-order valence-electron chi connectivity index (χ4n) is 2.33. The van der Waals surface area contributed by atoms with Crippen LogP contribution in [0.5, 0.6) is 0 Å². The van der Waals surface area contributed by atoms with Gasteiger partial charge in [0.05, 0.1) is 5.52 Å². The topological polar surface area (TPSA) is 49.0 Å². The lowest BCUT2D eigenvalue weighted by molar-refractivity contribution is 0.387. The molecule has 1 heterocycles. The molecule has 0 saturated carbocycles. The van der Waals surface area contributed by atoms with Gasteiger partial charge in [-0.1, -0.05) is 11.6 Å². The Labute approximate surface area is 118 Å². The molecule has 0 N–H and O–H groups in total. The van der Waals surface area contributed by atoms with Crippen LogP contribution in [0.25, 0.3) is 10.9 Å². The largest absolute Gasteiger partial charge is 0.346 e. The maximum absolute atomic E-state index is 12.2. The van der Waals surface area contributed by atoms with Gasteiger partial charge >= 0.3 is 0 Å². The van der Waals surface area contributed by atoms with Crippen LogP contribution in [0.4, 0.5) is 0 Å². The molecule has 0 aliphatic rings. The van der Waals surface area contributed by atoms with Gasteiger partial charge in [0.15, 0.2) is 0 Å². The number of fused-ring (bicyclic) bond motifs is 1. The fraction of sp³-hybridized carbons (Fsp3) is 0.375.